The van der Waals surface area contributed by atoms with E-state index in [0.717, 1.165) is 44.1 Å². The quantitative estimate of drug-likeness (QED) is 0.669. The fourth-order valence-electron chi connectivity index (χ4n) is 3.96. The van der Waals surface area contributed by atoms with Crippen LogP contribution in [0, 0.1) is 11.8 Å². The molecule has 1 N–H and O–H groups in total. The van der Waals surface area contributed by atoms with Crippen molar-refractivity contribution in [3.05, 3.63) is 16.5 Å². The van der Waals surface area contributed by atoms with Crippen LogP contribution in [0.15, 0.2) is 16.3 Å². The van der Waals surface area contributed by atoms with Crippen LogP contribution in [0.4, 0.5) is 0 Å². The minimum absolute atomic E-state index is 0.0745. The van der Waals surface area contributed by atoms with Gasteiger partial charge in [0.05, 0.1) is 4.34 Å². The Morgan fingerprint density at radius 3 is 2.45 bits per heavy atom. The molecule has 1 aromatic heterocycles. The van der Waals surface area contributed by atoms with E-state index in [9.17, 15) is 13.2 Å². The SMILES string of the molecule is C[C@@H](C(=O)NCCN1CCN(C)CC1)C1CCN(S(=O)(=O)c2ccc(Cl)s2)CC1. The monoisotopic (exact) mass is 462 g/mol. The summed E-state index contributed by atoms with van der Waals surface area (Å²) >= 11 is 6.97. The molecule has 3 heterocycles. The summed E-state index contributed by atoms with van der Waals surface area (Å²) in [6, 6.07) is 3.17. The molecule has 0 radical (unpaired) electrons. The third-order valence-electron chi connectivity index (χ3n) is 6.09. The van der Waals surface area contributed by atoms with Gasteiger partial charge in [0.1, 0.15) is 4.21 Å². The van der Waals surface area contributed by atoms with E-state index in [4.69, 9.17) is 11.6 Å². The van der Waals surface area contributed by atoms with Gasteiger partial charge in [-0.25, -0.2) is 8.42 Å². The summed E-state index contributed by atoms with van der Waals surface area (Å²) in [4.78, 5) is 17.3. The highest BCUT2D eigenvalue weighted by molar-refractivity contribution is 7.91. The third-order valence-corrected chi connectivity index (χ3v) is 9.68. The maximum atomic E-state index is 12.7. The van der Waals surface area contributed by atoms with Crippen molar-refractivity contribution >= 4 is 38.9 Å². The number of thiophene rings is 1. The minimum atomic E-state index is -3.48. The number of amides is 1. The van der Waals surface area contributed by atoms with E-state index >= 15 is 0 Å². The van der Waals surface area contributed by atoms with Gasteiger partial charge in [-0.15, -0.1) is 11.3 Å². The van der Waals surface area contributed by atoms with Crippen LogP contribution < -0.4 is 5.32 Å². The highest BCUT2D eigenvalue weighted by atomic mass is 35.5. The molecule has 7 nitrogen and oxygen atoms in total. The van der Waals surface area contributed by atoms with Gasteiger partial charge in [-0.05, 0) is 37.9 Å². The Bertz CT molecular complexity index is 785. The van der Waals surface area contributed by atoms with Gasteiger partial charge in [0, 0.05) is 58.3 Å². The predicted octanol–water partition coefficient (Wildman–Crippen LogP) is 1.80. The van der Waals surface area contributed by atoms with Crippen molar-refractivity contribution in [1.29, 1.82) is 0 Å². The largest absolute Gasteiger partial charge is 0.355 e. The lowest BCUT2D eigenvalue weighted by Crippen LogP contribution is -2.47. The number of carbonyl (C=O) groups is 1. The summed E-state index contributed by atoms with van der Waals surface area (Å²) in [6.45, 7) is 8.63. The number of likely N-dealkylation sites (N-methyl/N-ethyl adjacent to an activating group) is 1. The Kier molecular flexibility index (Phi) is 7.97. The first-order chi connectivity index (χ1) is 13.8. The van der Waals surface area contributed by atoms with Gasteiger partial charge < -0.3 is 10.2 Å². The molecule has 10 heteroatoms. The van der Waals surface area contributed by atoms with Crippen molar-refractivity contribution in [2.75, 3.05) is 59.4 Å². The van der Waals surface area contributed by atoms with Crippen LogP contribution in [0.2, 0.25) is 4.34 Å². The Morgan fingerprint density at radius 2 is 1.86 bits per heavy atom. The van der Waals surface area contributed by atoms with Gasteiger partial charge in [0.15, 0.2) is 0 Å². The number of hydrogen-bond acceptors (Lipinski definition) is 6. The summed E-state index contributed by atoms with van der Waals surface area (Å²) in [5.41, 5.74) is 0. The molecule has 0 saturated carbocycles. The highest BCUT2D eigenvalue weighted by Gasteiger charge is 2.34. The van der Waals surface area contributed by atoms with E-state index < -0.39 is 10.0 Å². The molecule has 0 aliphatic carbocycles. The van der Waals surface area contributed by atoms with Gasteiger partial charge in [0.25, 0.3) is 10.0 Å². The van der Waals surface area contributed by atoms with E-state index in [1.165, 1.54) is 4.31 Å². The molecule has 0 unspecified atom stereocenters. The summed E-state index contributed by atoms with van der Waals surface area (Å²) < 4.78 is 27.7. The predicted molar refractivity (Wildman–Crippen MR) is 117 cm³/mol. The standard InChI is InChI=1S/C19H31ClN4O3S2/c1-15(19(25)21-7-10-23-13-11-22(2)12-14-23)16-5-8-24(9-6-16)29(26,27)18-4-3-17(20)28-18/h3-4,15-16H,5-14H2,1-2H3,(H,21,25)/t15-/m1/s1. The molecule has 29 heavy (non-hydrogen) atoms. The van der Waals surface area contributed by atoms with Gasteiger partial charge in [-0.1, -0.05) is 18.5 Å². The number of carbonyl (C=O) groups excluding carboxylic acids is 1. The van der Waals surface area contributed by atoms with Gasteiger partial charge in [0.2, 0.25) is 5.91 Å². The number of hydrogen-bond donors (Lipinski definition) is 1. The molecule has 164 valence electrons. The number of nitrogens with zero attached hydrogens (tertiary/aromatic N) is 3. The molecular formula is C19H31ClN4O3S2. The number of rotatable bonds is 7. The van der Waals surface area contributed by atoms with E-state index in [1.54, 1.807) is 12.1 Å². The van der Waals surface area contributed by atoms with E-state index in [1.807, 2.05) is 6.92 Å². The van der Waals surface area contributed by atoms with E-state index in [-0.39, 0.29) is 22.0 Å². The number of piperidine rings is 1. The fraction of sp³-hybridized carbons (Fsp3) is 0.737. The molecule has 2 aliphatic heterocycles. The Labute approximate surface area is 183 Å². The highest BCUT2D eigenvalue weighted by Crippen LogP contribution is 2.32. The minimum Gasteiger partial charge on any atom is -0.355 e. The van der Waals surface area contributed by atoms with Crippen LogP contribution in [0.3, 0.4) is 0 Å². The van der Waals surface area contributed by atoms with Crippen LogP contribution in [0.1, 0.15) is 19.8 Å². The Hall–Kier alpha value is -0.710. The zero-order valence-electron chi connectivity index (χ0n) is 17.1. The fourth-order valence-corrected chi connectivity index (χ4v) is 7.07. The number of nitrogens with one attached hydrogen (secondary N) is 1. The van der Waals surface area contributed by atoms with Crippen molar-refractivity contribution in [3.63, 3.8) is 0 Å². The van der Waals surface area contributed by atoms with Crippen molar-refractivity contribution in [3.8, 4) is 0 Å². The number of piperazine rings is 1. The van der Waals surface area contributed by atoms with Gasteiger partial charge in [-0.2, -0.15) is 4.31 Å². The summed E-state index contributed by atoms with van der Waals surface area (Å²) in [6.07, 6.45) is 1.40. The molecule has 3 rings (SSSR count). The van der Waals surface area contributed by atoms with Crippen LogP contribution >= 0.6 is 22.9 Å². The Morgan fingerprint density at radius 1 is 1.21 bits per heavy atom. The normalized spacial score (nSPS) is 21.9. The summed E-state index contributed by atoms with van der Waals surface area (Å²) in [5, 5.41) is 3.07. The number of halogens is 1. The molecular weight excluding hydrogens is 432 g/mol. The third kappa shape index (κ3) is 5.92. The summed E-state index contributed by atoms with van der Waals surface area (Å²) in [5.74, 6) is 0.172. The van der Waals surface area contributed by atoms with E-state index in [2.05, 4.69) is 22.2 Å². The van der Waals surface area contributed by atoms with Crippen molar-refractivity contribution in [1.82, 2.24) is 19.4 Å². The molecule has 2 fully saturated rings. The average Bonchev–Trinajstić information content (AvgIpc) is 3.16. The molecule has 2 saturated heterocycles. The molecule has 2 aliphatic rings. The average molecular weight is 463 g/mol. The zero-order valence-corrected chi connectivity index (χ0v) is 19.5. The lowest BCUT2D eigenvalue weighted by molar-refractivity contribution is -0.126. The van der Waals surface area contributed by atoms with Crippen LogP contribution in [0.25, 0.3) is 0 Å². The van der Waals surface area contributed by atoms with E-state index in [0.29, 0.717) is 36.8 Å². The first kappa shape index (κ1) is 23.0. The van der Waals surface area contributed by atoms with Gasteiger partial charge in [-0.3, -0.25) is 9.69 Å². The van der Waals surface area contributed by atoms with Crippen molar-refractivity contribution in [2.45, 2.75) is 24.0 Å². The van der Waals surface area contributed by atoms with Crippen molar-refractivity contribution in [2.24, 2.45) is 11.8 Å². The molecule has 1 amide bonds. The van der Waals surface area contributed by atoms with Crippen LogP contribution in [0.5, 0.6) is 0 Å². The molecule has 1 aromatic rings. The second-order valence-electron chi connectivity index (χ2n) is 8.02. The summed E-state index contributed by atoms with van der Waals surface area (Å²) in [7, 11) is -1.35. The lowest BCUT2D eigenvalue weighted by Gasteiger charge is -2.34. The maximum Gasteiger partial charge on any atom is 0.252 e. The van der Waals surface area contributed by atoms with Gasteiger partial charge >= 0.3 is 0 Å². The first-order valence-corrected chi connectivity index (χ1v) is 12.8. The Balaban J connectivity index is 1.42. The van der Waals surface area contributed by atoms with Crippen LogP contribution in [-0.2, 0) is 14.8 Å². The lowest BCUT2D eigenvalue weighted by atomic mass is 9.85. The van der Waals surface area contributed by atoms with Crippen LogP contribution in [-0.4, -0.2) is 87.8 Å². The van der Waals surface area contributed by atoms with Crippen molar-refractivity contribution < 1.29 is 13.2 Å². The molecule has 0 aromatic carbocycles. The maximum absolute atomic E-state index is 12.7. The molecule has 1 atom stereocenters. The molecule has 0 spiro atoms. The first-order valence-electron chi connectivity index (χ1n) is 10.2. The molecule has 0 bridgehead atoms. The smallest absolute Gasteiger partial charge is 0.252 e. The number of sulfonamides is 1. The second-order valence-corrected chi connectivity index (χ2v) is 11.9. The zero-order chi connectivity index (χ0) is 21.0. The topological polar surface area (TPSA) is 73.0 Å². The second kappa shape index (κ2) is 10.1.